The molecule has 5 nitrogen and oxygen atoms in total. The summed E-state index contributed by atoms with van der Waals surface area (Å²) >= 11 is 1.77. The summed E-state index contributed by atoms with van der Waals surface area (Å²) < 4.78 is 11.4. The molecule has 2 N–H and O–H groups in total. The Kier molecular flexibility index (Phi) is 6.08. The van der Waals surface area contributed by atoms with Crippen LogP contribution >= 0.6 is 11.8 Å². The van der Waals surface area contributed by atoms with Gasteiger partial charge in [0.1, 0.15) is 5.60 Å². The molecule has 0 saturated heterocycles. The van der Waals surface area contributed by atoms with Crippen molar-refractivity contribution in [2.45, 2.75) is 57.6 Å². The van der Waals surface area contributed by atoms with Crippen LogP contribution in [0.15, 0.2) is 4.52 Å². The third-order valence-electron chi connectivity index (χ3n) is 4.30. The van der Waals surface area contributed by atoms with E-state index >= 15 is 0 Å². The topological polar surface area (TPSA) is 74.2 Å². The minimum Gasteiger partial charge on any atom is -0.367 e. The summed E-state index contributed by atoms with van der Waals surface area (Å²) in [7, 11) is 0. The van der Waals surface area contributed by atoms with Crippen LogP contribution in [-0.2, 0) is 10.3 Å². The zero-order valence-electron chi connectivity index (χ0n) is 13.3. The average molecular weight is 313 g/mol. The van der Waals surface area contributed by atoms with Crippen molar-refractivity contribution in [3.63, 3.8) is 0 Å². The van der Waals surface area contributed by atoms with Gasteiger partial charge < -0.3 is 15.0 Å². The van der Waals surface area contributed by atoms with Crippen LogP contribution in [0.5, 0.6) is 0 Å². The molecular weight excluding hydrogens is 286 g/mol. The van der Waals surface area contributed by atoms with Gasteiger partial charge in [-0.2, -0.15) is 16.7 Å². The Balaban J connectivity index is 2.12. The molecule has 120 valence electrons. The molecule has 1 aliphatic rings. The number of nitrogens with zero attached hydrogens (tertiary/aromatic N) is 2. The summed E-state index contributed by atoms with van der Waals surface area (Å²) in [4.78, 5) is 4.57. The van der Waals surface area contributed by atoms with Crippen molar-refractivity contribution >= 4 is 11.8 Å². The normalized spacial score (nSPS) is 27.7. The van der Waals surface area contributed by atoms with Crippen molar-refractivity contribution in [3.8, 4) is 0 Å². The second-order valence-electron chi connectivity index (χ2n) is 5.95. The van der Waals surface area contributed by atoms with Crippen LogP contribution in [0.2, 0.25) is 0 Å². The van der Waals surface area contributed by atoms with Crippen LogP contribution < -0.4 is 5.73 Å². The van der Waals surface area contributed by atoms with Gasteiger partial charge in [-0.3, -0.25) is 0 Å². The molecule has 0 amide bonds. The van der Waals surface area contributed by atoms with Gasteiger partial charge in [-0.15, -0.1) is 0 Å². The number of hydrogen-bond donors (Lipinski definition) is 1. The molecule has 0 bridgehead atoms. The Hall–Kier alpha value is -0.590. The molecule has 1 heterocycles. The molecule has 0 aliphatic heterocycles. The fourth-order valence-electron chi connectivity index (χ4n) is 2.88. The molecule has 1 fully saturated rings. The van der Waals surface area contributed by atoms with Crippen LogP contribution in [0.4, 0.5) is 0 Å². The van der Waals surface area contributed by atoms with Gasteiger partial charge in [-0.25, -0.2) is 0 Å². The molecule has 2 rings (SSSR count). The zero-order chi connectivity index (χ0) is 15.3. The van der Waals surface area contributed by atoms with Crippen molar-refractivity contribution in [2.24, 2.45) is 11.7 Å². The van der Waals surface area contributed by atoms with Gasteiger partial charge in [0.25, 0.3) is 0 Å². The highest BCUT2D eigenvalue weighted by Crippen LogP contribution is 2.41. The van der Waals surface area contributed by atoms with Gasteiger partial charge in [-0.05, 0) is 57.0 Å². The number of thioether (sulfide) groups is 1. The summed E-state index contributed by atoms with van der Waals surface area (Å²) in [6.07, 6.45) is 7.12. The Morgan fingerprint density at radius 3 is 2.81 bits per heavy atom. The van der Waals surface area contributed by atoms with Crippen LogP contribution in [0, 0.1) is 5.92 Å². The first-order valence-corrected chi connectivity index (χ1v) is 9.23. The summed E-state index contributed by atoms with van der Waals surface area (Å²) in [5, 5.41) is 4.19. The minimum absolute atomic E-state index is 0.181. The molecule has 1 saturated carbocycles. The third kappa shape index (κ3) is 3.99. The lowest BCUT2D eigenvalue weighted by molar-refractivity contribution is -0.0847. The second kappa shape index (κ2) is 7.61. The van der Waals surface area contributed by atoms with Crippen LogP contribution in [0.25, 0.3) is 0 Å². The number of hydrogen-bond acceptors (Lipinski definition) is 6. The van der Waals surface area contributed by atoms with Crippen LogP contribution in [0.3, 0.4) is 0 Å². The predicted octanol–water partition coefficient (Wildman–Crippen LogP) is 3.26. The number of rotatable bonds is 7. The predicted molar refractivity (Wildman–Crippen MR) is 85.2 cm³/mol. The summed E-state index contributed by atoms with van der Waals surface area (Å²) in [5.41, 5.74) is 5.74. The Morgan fingerprint density at radius 2 is 2.19 bits per heavy atom. The molecule has 1 atom stereocenters. The van der Waals surface area contributed by atoms with E-state index in [-0.39, 0.29) is 11.6 Å². The highest BCUT2D eigenvalue weighted by atomic mass is 32.2. The molecule has 21 heavy (non-hydrogen) atoms. The first-order valence-electron chi connectivity index (χ1n) is 7.84. The Bertz CT molecular complexity index is 430. The Labute approximate surface area is 131 Å². The highest BCUT2D eigenvalue weighted by Gasteiger charge is 2.41. The van der Waals surface area contributed by atoms with Crippen molar-refractivity contribution in [2.75, 3.05) is 18.6 Å². The van der Waals surface area contributed by atoms with Gasteiger partial charge in [0.15, 0.2) is 0 Å². The van der Waals surface area contributed by atoms with E-state index in [9.17, 15) is 0 Å². The van der Waals surface area contributed by atoms with E-state index < -0.39 is 0 Å². The molecule has 0 aromatic carbocycles. The quantitative estimate of drug-likeness (QED) is 0.833. The van der Waals surface area contributed by atoms with Crippen molar-refractivity contribution in [1.82, 2.24) is 10.1 Å². The van der Waals surface area contributed by atoms with E-state index in [2.05, 4.69) is 23.3 Å². The molecular formula is C15H27N3O2S. The molecule has 0 spiro atoms. The number of nitrogens with two attached hydrogens (primary N) is 1. The maximum absolute atomic E-state index is 6.11. The standard InChI is InChI=1S/C15H27N3O2S/c1-4-19-15(8-5-11(2)6-9-15)14-17-13(20-18-14)12(16)7-10-21-3/h11-12H,4-10,16H2,1-3H3. The van der Waals surface area contributed by atoms with E-state index in [0.29, 0.717) is 18.3 Å². The van der Waals surface area contributed by atoms with Crippen LogP contribution in [-0.4, -0.2) is 28.8 Å². The zero-order valence-corrected chi connectivity index (χ0v) is 14.1. The van der Waals surface area contributed by atoms with Gasteiger partial charge in [-0.1, -0.05) is 12.1 Å². The molecule has 6 heteroatoms. The fraction of sp³-hybridized carbons (Fsp3) is 0.867. The van der Waals surface area contributed by atoms with E-state index in [0.717, 1.165) is 43.8 Å². The number of ether oxygens (including phenoxy) is 1. The van der Waals surface area contributed by atoms with Crippen LogP contribution in [0.1, 0.15) is 63.7 Å². The molecule has 1 aliphatic carbocycles. The van der Waals surface area contributed by atoms with Gasteiger partial charge >= 0.3 is 0 Å². The fourth-order valence-corrected chi connectivity index (χ4v) is 3.37. The lowest BCUT2D eigenvalue weighted by atomic mass is 9.79. The van der Waals surface area contributed by atoms with Gasteiger partial charge in [0, 0.05) is 6.61 Å². The van der Waals surface area contributed by atoms with E-state index in [1.54, 1.807) is 11.8 Å². The Morgan fingerprint density at radius 1 is 1.48 bits per heavy atom. The highest BCUT2D eigenvalue weighted by molar-refractivity contribution is 7.98. The summed E-state index contributed by atoms with van der Waals surface area (Å²) in [5.74, 6) is 2.96. The lowest BCUT2D eigenvalue weighted by Crippen LogP contribution is -2.35. The molecule has 1 unspecified atom stereocenters. The van der Waals surface area contributed by atoms with Crippen molar-refractivity contribution in [3.05, 3.63) is 11.7 Å². The van der Waals surface area contributed by atoms with E-state index in [4.69, 9.17) is 15.0 Å². The lowest BCUT2D eigenvalue weighted by Gasteiger charge is -2.36. The monoisotopic (exact) mass is 313 g/mol. The summed E-state index contributed by atoms with van der Waals surface area (Å²) in [6, 6.07) is -0.181. The van der Waals surface area contributed by atoms with E-state index in [1.165, 1.54) is 0 Å². The molecule has 1 aromatic rings. The van der Waals surface area contributed by atoms with Gasteiger partial charge in [0.2, 0.25) is 11.7 Å². The molecule has 0 radical (unpaired) electrons. The SMILES string of the molecule is CCOC1(c2noc(C(N)CCSC)n2)CCC(C)CC1. The minimum atomic E-state index is -0.373. The number of aromatic nitrogens is 2. The van der Waals surface area contributed by atoms with Crippen molar-refractivity contribution in [1.29, 1.82) is 0 Å². The third-order valence-corrected chi connectivity index (χ3v) is 4.95. The van der Waals surface area contributed by atoms with Crippen molar-refractivity contribution < 1.29 is 9.26 Å². The first-order chi connectivity index (χ1) is 10.1. The van der Waals surface area contributed by atoms with E-state index in [1.807, 2.05) is 6.92 Å². The average Bonchev–Trinajstić information content (AvgIpc) is 2.98. The smallest absolute Gasteiger partial charge is 0.243 e. The first kappa shape index (κ1) is 16.8. The second-order valence-corrected chi connectivity index (χ2v) is 6.94. The summed E-state index contributed by atoms with van der Waals surface area (Å²) in [6.45, 7) is 4.97. The van der Waals surface area contributed by atoms with Gasteiger partial charge in [0.05, 0.1) is 6.04 Å². The maximum atomic E-state index is 6.11. The maximum Gasteiger partial charge on any atom is 0.243 e. The molecule has 1 aromatic heterocycles. The largest absolute Gasteiger partial charge is 0.367 e.